The Hall–Kier alpha value is -0.120. The zero-order valence-electron chi connectivity index (χ0n) is 9.33. The van der Waals surface area contributed by atoms with Crippen molar-refractivity contribution in [3.05, 3.63) is 0 Å². The third-order valence-corrected chi connectivity index (χ3v) is 3.77. The molecule has 0 aromatic rings. The minimum Gasteiger partial charge on any atom is -0.380 e. The average molecular weight is 198 g/mol. The van der Waals surface area contributed by atoms with Gasteiger partial charge in [0.05, 0.1) is 6.10 Å². The summed E-state index contributed by atoms with van der Waals surface area (Å²) in [5.74, 6) is 0.842. The summed E-state index contributed by atoms with van der Waals surface area (Å²) in [6, 6.07) is 0.743. The molecule has 0 saturated carbocycles. The van der Waals surface area contributed by atoms with Crippen LogP contribution < -0.4 is 5.32 Å². The molecule has 2 rings (SSSR count). The van der Waals surface area contributed by atoms with Crippen molar-refractivity contribution in [2.24, 2.45) is 5.92 Å². The van der Waals surface area contributed by atoms with Gasteiger partial charge in [0.15, 0.2) is 0 Å². The Bertz CT molecular complexity index is 180. The molecule has 0 aromatic carbocycles. The summed E-state index contributed by atoms with van der Waals surface area (Å²) >= 11 is 0. The van der Waals surface area contributed by atoms with E-state index in [1.54, 1.807) is 0 Å². The van der Waals surface area contributed by atoms with Crippen LogP contribution in [-0.2, 0) is 4.74 Å². The fourth-order valence-corrected chi connectivity index (χ4v) is 2.91. The van der Waals surface area contributed by atoms with Gasteiger partial charge in [-0.25, -0.2) is 0 Å². The SMILES string of the molecule is COC1CC(C2CCCNC2)N(C)C1. The van der Waals surface area contributed by atoms with Crippen molar-refractivity contribution in [3.8, 4) is 0 Å². The number of nitrogens with zero attached hydrogens (tertiary/aromatic N) is 1. The predicted molar refractivity (Wildman–Crippen MR) is 57.4 cm³/mol. The highest BCUT2D eigenvalue weighted by molar-refractivity contribution is 4.90. The number of piperidine rings is 1. The summed E-state index contributed by atoms with van der Waals surface area (Å²) in [6.07, 6.45) is 4.41. The Labute approximate surface area is 86.8 Å². The van der Waals surface area contributed by atoms with E-state index in [-0.39, 0.29) is 0 Å². The number of ether oxygens (including phenoxy) is 1. The van der Waals surface area contributed by atoms with Gasteiger partial charge in [-0.2, -0.15) is 0 Å². The third-order valence-electron chi connectivity index (χ3n) is 3.77. The second-order valence-electron chi connectivity index (χ2n) is 4.71. The van der Waals surface area contributed by atoms with Gasteiger partial charge in [0.1, 0.15) is 0 Å². The first-order chi connectivity index (χ1) is 6.81. The first kappa shape index (κ1) is 10.4. The van der Waals surface area contributed by atoms with Crippen LogP contribution in [0.5, 0.6) is 0 Å². The van der Waals surface area contributed by atoms with E-state index in [4.69, 9.17) is 4.74 Å². The summed E-state index contributed by atoms with van der Waals surface area (Å²) in [5.41, 5.74) is 0. The molecule has 0 bridgehead atoms. The molecule has 2 fully saturated rings. The normalized spacial score (nSPS) is 40.3. The molecule has 0 radical (unpaired) electrons. The monoisotopic (exact) mass is 198 g/mol. The van der Waals surface area contributed by atoms with E-state index in [0.717, 1.165) is 18.5 Å². The maximum absolute atomic E-state index is 5.44. The van der Waals surface area contributed by atoms with Crippen LogP contribution in [0.4, 0.5) is 0 Å². The van der Waals surface area contributed by atoms with E-state index in [0.29, 0.717) is 6.10 Å². The molecule has 3 atom stereocenters. The van der Waals surface area contributed by atoms with E-state index in [9.17, 15) is 0 Å². The molecule has 0 amide bonds. The molecular weight excluding hydrogens is 176 g/mol. The van der Waals surface area contributed by atoms with Crippen molar-refractivity contribution >= 4 is 0 Å². The first-order valence-corrected chi connectivity index (χ1v) is 5.75. The molecule has 82 valence electrons. The standard InChI is InChI=1S/C11H22N2O/c1-13-8-10(14-2)6-11(13)9-4-3-5-12-7-9/h9-12H,3-8H2,1-2H3. The number of likely N-dealkylation sites (N-methyl/N-ethyl adjacent to an activating group) is 1. The third kappa shape index (κ3) is 2.10. The lowest BCUT2D eigenvalue weighted by Gasteiger charge is -2.32. The molecular formula is C11H22N2O. The molecule has 3 nitrogen and oxygen atoms in total. The van der Waals surface area contributed by atoms with Crippen molar-refractivity contribution in [2.75, 3.05) is 33.8 Å². The lowest BCUT2D eigenvalue weighted by atomic mass is 9.90. The van der Waals surface area contributed by atoms with E-state index in [1.165, 1.54) is 32.4 Å². The van der Waals surface area contributed by atoms with Crippen LogP contribution in [0.15, 0.2) is 0 Å². The Morgan fingerprint density at radius 3 is 2.86 bits per heavy atom. The summed E-state index contributed by atoms with van der Waals surface area (Å²) in [4.78, 5) is 2.48. The zero-order chi connectivity index (χ0) is 9.97. The van der Waals surface area contributed by atoms with Crippen molar-refractivity contribution in [1.29, 1.82) is 0 Å². The van der Waals surface area contributed by atoms with E-state index in [1.807, 2.05) is 7.11 Å². The number of hydrogen-bond acceptors (Lipinski definition) is 3. The Balaban J connectivity index is 1.90. The number of rotatable bonds is 2. The molecule has 2 saturated heterocycles. The Kier molecular flexibility index (Phi) is 3.42. The zero-order valence-corrected chi connectivity index (χ0v) is 9.33. The molecule has 2 aliphatic heterocycles. The van der Waals surface area contributed by atoms with Crippen LogP contribution in [0.25, 0.3) is 0 Å². The number of hydrogen-bond donors (Lipinski definition) is 1. The second-order valence-corrected chi connectivity index (χ2v) is 4.71. The lowest BCUT2D eigenvalue weighted by Crippen LogP contribution is -2.41. The van der Waals surface area contributed by atoms with E-state index >= 15 is 0 Å². The molecule has 2 heterocycles. The molecule has 0 aromatic heterocycles. The van der Waals surface area contributed by atoms with Crippen LogP contribution in [-0.4, -0.2) is 50.8 Å². The molecule has 3 unspecified atom stereocenters. The van der Waals surface area contributed by atoms with Crippen molar-refractivity contribution in [3.63, 3.8) is 0 Å². The van der Waals surface area contributed by atoms with Crippen LogP contribution >= 0.6 is 0 Å². The second kappa shape index (κ2) is 4.60. The van der Waals surface area contributed by atoms with E-state index < -0.39 is 0 Å². The molecule has 3 heteroatoms. The van der Waals surface area contributed by atoms with Crippen LogP contribution in [0.1, 0.15) is 19.3 Å². The minimum absolute atomic E-state index is 0.465. The summed E-state index contributed by atoms with van der Waals surface area (Å²) in [7, 11) is 4.07. The highest BCUT2D eigenvalue weighted by Crippen LogP contribution is 2.28. The van der Waals surface area contributed by atoms with Crippen molar-refractivity contribution in [1.82, 2.24) is 10.2 Å². The molecule has 0 aliphatic carbocycles. The lowest BCUT2D eigenvalue weighted by molar-refractivity contribution is 0.111. The Morgan fingerprint density at radius 1 is 1.43 bits per heavy atom. The fraction of sp³-hybridized carbons (Fsp3) is 1.00. The maximum atomic E-state index is 5.44. The van der Waals surface area contributed by atoms with Gasteiger partial charge in [-0.15, -0.1) is 0 Å². The molecule has 1 N–H and O–H groups in total. The highest BCUT2D eigenvalue weighted by atomic mass is 16.5. The van der Waals surface area contributed by atoms with Crippen LogP contribution in [0.2, 0.25) is 0 Å². The van der Waals surface area contributed by atoms with Gasteiger partial charge in [-0.1, -0.05) is 0 Å². The van der Waals surface area contributed by atoms with Crippen LogP contribution in [0, 0.1) is 5.92 Å². The Morgan fingerprint density at radius 2 is 2.29 bits per heavy atom. The summed E-state index contributed by atoms with van der Waals surface area (Å²) < 4.78 is 5.44. The van der Waals surface area contributed by atoms with Crippen molar-refractivity contribution < 1.29 is 4.74 Å². The molecule has 2 aliphatic rings. The number of likely N-dealkylation sites (tertiary alicyclic amines) is 1. The largest absolute Gasteiger partial charge is 0.380 e. The van der Waals surface area contributed by atoms with Gasteiger partial charge in [0.2, 0.25) is 0 Å². The van der Waals surface area contributed by atoms with Gasteiger partial charge < -0.3 is 15.0 Å². The topological polar surface area (TPSA) is 24.5 Å². The number of methoxy groups -OCH3 is 1. The van der Waals surface area contributed by atoms with Crippen molar-refractivity contribution in [2.45, 2.75) is 31.4 Å². The predicted octanol–water partition coefficient (Wildman–Crippen LogP) is 0.705. The van der Waals surface area contributed by atoms with Gasteiger partial charge in [0.25, 0.3) is 0 Å². The van der Waals surface area contributed by atoms with Gasteiger partial charge in [-0.3, -0.25) is 0 Å². The van der Waals surface area contributed by atoms with Gasteiger partial charge >= 0.3 is 0 Å². The highest BCUT2D eigenvalue weighted by Gasteiger charge is 2.35. The van der Waals surface area contributed by atoms with E-state index in [2.05, 4.69) is 17.3 Å². The quantitative estimate of drug-likeness (QED) is 0.707. The van der Waals surface area contributed by atoms with Crippen LogP contribution in [0.3, 0.4) is 0 Å². The smallest absolute Gasteiger partial charge is 0.0713 e. The average Bonchev–Trinajstić information content (AvgIpc) is 2.61. The number of nitrogens with one attached hydrogen (secondary N) is 1. The molecule has 0 spiro atoms. The maximum Gasteiger partial charge on any atom is 0.0713 e. The fourth-order valence-electron chi connectivity index (χ4n) is 2.91. The first-order valence-electron chi connectivity index (χ1n) is 5.75. The summed E-state index contributed by atoms with van der Waals surface area (Å²) in [5, 5.41) is 3.50. The molecule has 14 heavy (non-hydrogen) atoms. The summed E-state index contributed by atoms with van der Waals surface area (Å²) in [6.45, 7) is 3.52. The minimum atomic E-state index is 0.465. The van der Waals surface area contributed by atoms with Gasteiger partial charge in [0, 0.05) is 19.7 Å². The van der Waals surface area contributed by atoms with Gasteiger partial charge in [-0.05, 0) is 45.3 Å².